The fraction of sp³-hybridized carbons (Fsp3) is 0.167. The summed E-state index contributed by atoms with van der Waals surface area (Å²) >= 11 is 3.13. The maximum absolute atomic E-state index is 9.90. The van der Waals surface area contributed by atoms with Crippen LogP contribution in [0, 0.1) is 0 Å². The molecule has 0 amide bonds. The van der Waals surface area contributed by atoms with Gasteiger partial charge in [-0.2, -0.15) is 0 Å². The third kappa shape index (κ3) is 16.5. The summed E-state index contributed by atoms with van der Waals surface area (Å²) in [6.45, 7) is 26.8. The van der Waals surface area contributed by atoms with Crippen molar-refractivity contribution in [1.29, 1.82) is 0 Å². The van der Waals surface area contributed by atoms with Crippen LogP contribution in [0.25, 0.3) is 21.5 Å². The number of phenolic OH excluding ortho intramolecular Hbond substituents is 2. The number of benzene rings is 4. The number of alkyl halides is 1. The molecule has 0 heterocycles. The van der Waals surface area contributed by atoms with Crippen LogP contribution in [0.5, 0.6) is 23.0 Å². The van der Waals surface area contributed by atoms with Gasteiger partial charge in [-0.25, -0.2) is 0 Å². The van der Waals surface area contributed by atoms with E-state index in [1.165, 1.54) is 0 Å². The van der Waals surface area contributed by atoms with Crippen molar-refractivity contribution >= 4 is 43.9 Å². The van der Waals surface area contributed by atoms with Crippen LogP contribution < -0.4 is 118 Å². The molecule has 0 spiro atoms. The van der Waals surface area contributed by atoms with Crippen LogP contribution in [0.15, 0.2) is 137 Å². The van der Waals surface area contributed by atoms with Gasteiger partial charge in [0.15, 0.2) is 0 Å². The second kappa shape index (κ2) is 31.3. The van der Waals surface area contributed by atoms with Gasteiger partial charge in [0.2, 0.25) is 0 Å². The molecule has 0 bridgehead atoms. The maximum atomic E-state index is 9.90. The number of aromatic hydroxyl groups is 2. The molecule has 52 heavy (non-hydrogen) atoms. The van der Waals surface area contributed by atoms with Crippen molar-refractivity contribution in [2.75, 3.05) is 18.5 Å². The second-order valence-corrected chi connectivity index (χ2v) is 10.9. The first kappa shape index (κ1) is 52.1. The molecule has 7 nitrogen and oxygen atoms in total. The Morgan fingerprint density at radius 3 is 1.12 bits per heavy atom. The summed E-state index contributed by atoms with van der Waals surface area (Å²) in [4.78, 5) is 11.2. The van der Waals surface area contributed by atoms with Crippen LogP contribution in [-0.4, -0.2) is 35.2 Å². The second-order valence-electron chi connectivity index (χ2n) is 10.2. The zero-order valence-electron chi connectivity index (χ0n) is 31.5. The van der Waals surface area contributed by atoms with Gasteiger partial charge in [0.1, 0.15) is 36.2 Å². The first-order chi connectivity index (χ1) is 24.3. The molecule has 0 saturated carbocycles. The van der Waals surface area contributed by atoms with Gasteiger partial charge < -0.3 is 31.3 Å². The maximum Gasteiger partial charge on any atom is 1.00 e. The number of hydrogen-bond acceptors (Lipinski definition) is 7. The zero-order valence-corrected chi connectivity index (χ0v) is 38.3. The van der Waals surface area contributed by atoms with E-state index in [0.29, 0.717) is 26.1 Å². The van der Waals surface area contributed by atoms with Gasteiger partial charge in [-0.1, -0.05) is 95.9 Å². The van der Waals surface area contributed by atoms with E-state index in [9.17, 15) is 10.2 Å². The standard InChI is InChI=1S/C22H24O2.C16H16O2.C3H5Br.CH2O3.2K.H/c1-5-9-19-17-11-14-22(24-16-8-4)20(10-6-2)18(17)12-13-21(19)23-15-7-3;1-3-5-13-11-7-10-16(18)14(6-4-2)12(11)8-9-15(13)17;1-2-3-4;2-1-4-3;;;/h5-8,11-14H,1-4,9-10,15-16H2;3-4,7-10,17-18H,1-2,5-6H2;2H,1,3H2;1,3H;;;/q;;;;2*+1;-1/p-1. The Kier molecular flexibility index (Phi) is 31.4. The Morgan fingerprint density at radius 1 is 0.558 bits per heavy atom. The Morgan fingerprint density at radius 2 is 0.846 bits per heavy atom. The molecule has 0 fully saturated rings. The Bertz CT molecular complexity index is 1650. The minimum absolute atomic E-state index is 0. The van der Waals surface area contributed by atoms with Gasteiger partial charge in [-0.05, 0) is 71.5 Å². The molecule has 266 valence electrons. The molecular formula is C42H47BrK2O7. The van der Waals surface area contributed by atoms with E-state index in [1.54, 1.807) is 42.5 Å². The van der Waals surface area contributed by atoms with Crippen molar-refractivity contribution in [3.8, 4) is 23.0 Å². The molecular weight excluding hydrogens is 775 g/mol. The number of carbonyl (C=O) groups is 1. The quantitative estimate of drug-likeness (QED) is 0.0447. The monoisotopic (exact) mass is 820 g/mol. The molecule has 4 aromatic carbocycles. The van der Waals surface area contributed by atoms with E-state index in [0.717, 1.165) is 73.5 Å². The average molecular weight is 822 g/mol. The van der Waals surface area contributed by atoms with Gasteiger partial charge in [-0.3, -0.25) is 4.79 Å². The topological polar surface area (TPSA) is 108 Å². The third-order valence-corrected chi connectivity index (χ3v) is 7.43. The number of hydrogen-bond donors (Lipinski definition) is 2. The largest absolute Gasteiger partial charge is 1.00 e. The van der Waals surface area contributed by atoms with Gasteiger partial charge in [0.25, 0.3) is 6.47 Å². The fourth-order valence-corrected chi connectivity index (χ4v) is 4.99. The molecule has 0 atom stereocenters. The number of rotatable bonds is 16. The van der Waals surface area contributed by atoms with E-state index >= 15 is 0 Å². The minimum atomic E-state index is -0.181. The third-order valence-electron chi connectivity index (χ3n) is 6.97. The molecule has 0 saturated heterocycles. The van der Waals surface area contributed by atoms with Crippen LogP contribution in [0.3, 0.4) is 0 Å². The van der Waals surface area contributed by atoms with Crippen molar-refractivity contribution < 1.29 is 139 Å². The number of allylic oxidation sites excluding steroid dienone is 5. The summed E-state index contributed by atoms with van der Waals surface area (Å²) in [5.74, 6) is 2.26. The van der Waals surface area contributed by atoms with Crippen LogP contribution in [-0.2, 0) is 35.4 Å². The number of halogens is 1. The predicted molar refractivity (Wildman–Crippen MR) is 210 cm³/mol. The fourth-order valence-electron chi connectivity index (χ4n) is 4.99. The van der Waals surface area contributed by atoms with Crippen molar-refractivity contribution in [2.45, 2.75) is 25.7 Å². The first-order valence-corrected chi connectivity index (χ1v) is 16.7. The summed E-state index contributed by atoms with van der Waals surface area (Å²) in [6.07, 6.45) is 15.3. The van der Waals surface area contributed by atoms with Crippen molar-refractivity contribution in [3.63, 3.8) is 0 Å². The minimum Gasteiger partial charge on any atom is -1.00 e. The molecule has 0 unspecified atom stereocenters. The van der Waals surface area contributed by atoms with Crippen LogP contribution in [0.4, 0.5) is 0 Å². The molecule has 0 aliphatic rings. The SMILES string of the molecule is C=CCBr.C=CCOc1ccc2c(CC=C)c(OCC=C)ccc2c1CC=C.C=CCc1c(O)ccc2c(CC=C)c(O)ccc12.O=CO[O-].[H-].[K+].[K+]. The molecule has 4 aromatic rings. The van der Waals surface area contributed by atoms with Crippen molar-refractivity contribution in [3.05, 3.63) is 159 Å². The van der Waals surface area contributed by atoms with E-state index in [-0.39, 0.29) is 122 Å². The summed E-state index contributed by atoms with van der Waals surface area (Å²) in [5.41, 5.74) is 3.94. The zero-order chi connectivity index (χ0) is 37.3. The molecule has 4 rings (SSSR count). The van der Waals surface area contributed by atoms with Gasteiger partial charge in [0, 0.05) is 27.6 Å². The van der Waals surface area contributed by atoms with Crippen molar-refractivity contribution in [2.24, 2.45) is 0 Å². The Hall–Kier alpha value is -2.04. The normalized spacial score (nSPS) is 9.19. The van der Waals surface area contributed by atoms with Crippen LogP contribution in [0.2, 0.25) is 0 Å². The van der Waals surface area contributed by atoms with E-state index in [2.05, 4.69) is 79.0 Å². The molecule has 0 aliphatic heterocycles. The molecule has 2 N–H and O–H groups in total. The molecule has 10 heteroatoms. The molecule has 0 radical (unpaired) electrons. The summed E-state index contributed by atoms with van der Waals surface area (Å²) < 4.78 is 11.6. The average Bonchev–Trinajstić information content (AvgIpc) is 3.13. The smallest absolute Gasteiger partial charge is 1.00 e. The van der Waals surface area contributed by atoms with Crippen molar-refractivity contribution in [1.82, 2.24) is 0 Å². The summed E-state index contributed by atoms with van der Waals surface area (Å²) in [5, 5.41) is 33.3. The van der Waals surface area contributed by atoms with Crippen LogP contribution >= 0.6 is 15.9 Å². The van der Waals surface area contributed by atoms with Gasteiger partial charge in [-0.15, -0.1) is 32.9 Å². The molecule has 0 aliphatic carbocycles. The van der Waals surface area contributed by atoms with Gasteiger partial charge in [0.05, 0.1) is 0 Å². The van der Waals surface area contributed by atoms with Gasteiger partial charge >= 0.3 is 103 Å². The Labute approximate surface area is 403 Å². The molecule has 0 aromatic heterocycles. The number of fused-ring (bicyclic) bond motifs is 2. The first-order valence-electron chi connectivity index (χ1n) is 15.6. The van der Waals surface area contributed by atoms with E-state index in [1.807, 2.05) is 36.4 Å². The predicted octanol–water partition coefficient (Wildman–Crippen LogP) is 3.26. The Balaban J connectivity index is -0.000000764. The summed E-state index contributed by atoms with van der Waals surface area (Å²) in [7, 11) is 0. The summed E-state index contributed by atoms with van der Waals surface area (Å²) in [6, 6.07) is 15.2. The number of ether oxygens (including phenoxy) is 2. The van der Waals surface area contributed by atoms with E-state index < -0.39 is 0 Å². The number of carbonyl (C=O) groups excluding carboxylic acids is 1. The number of phenols is 2. The van der Waals surface area contributed by atoms with Crippen LogP contribution in [0.1, 0.15) is 23.7 Å². The van der Waals surface area contributed by atoms with E-state index in [4.69, 9.17) is 19.5 Å².